The maximum atomic E-state index is 13.3. The van der Waals surface area contributed by atoms with Crippen molar-refractivity contribution in [2.75, 3.05) is 43.4 Å². The van der Waals surface area contributed by atoms with Crippen LogP contribution in [0.3, 0.4) is 0 Å². The topological polar surface area (TPSA) is 101 Å². The van der Waals surface area contributed by atoms with Gasteiger partial charge in [0.2, 0.25) is 0 Å². The van der Waals surface area contributed by atoms with E-state index < -0.39 is 0 Å². The minimum atomic E-state index is -0.247. The smallest absolute Gasteiger partial charge is 0.255 e. The van der Waals surface area contributed by atoms with Crippen molar-refractivity contribution in [2.24, 2.45) is 4.99 Å². The van der Waals surface area contributed by atoms with Crippen LogP contribution < -0.4 is 10.2 Å². The summed E-state index contributed by atoms with van der Waals surface area (Å²) in [5, 5.41) is 14.2. The average Bonchev–Trinajstić information content (AvgIpc) is 3.34. The third-order valence-corrected chi connectivity index (χ3v) is 7.56. The number of nitrogens with one attached hydrogen (secondary N) is 2. The lowest BCUT2D eigenvalue weighted by Crippen LogP contribution is -2.44. The minimum Gasteiger partial charge on any atom is -0.494 e. The zero-order chi connectivity index (χ0) is 29.1. The number of aromatic amines is 1. The molecule has 1 fully saturated rings. The van der Waals surface area contributed by atoms with Gasteiger partial charge in [-0.15, -0.1) is 0 Å². The van der Waals surface area contributed by atoms with E-state index in [0.717, 1.165) is 37.3 Å². The van der Waals surface area contributed by atoms with Gasteiger partial charge in [-0.1, -0.05) is 42.5 Å². The summed E-state index contributed by atoms with van der Waals surface area (Å²) in [6, 6.07) is 29.1. The van der Waals surface area contributed by atoms with E-state index in [2.05, 4.69) is 44.3 Å². The van der Waals surface area contributed by atoms with Crippen LogP contribution in [0, 0.1) is 0 Å². The summed E-state index contributed by atoms with van der Waals surface area (Å²) in [5.41, 5.74) is 5.11. The quantitative estimate of drug-likeness (QED) is 0.172. The number of amides is 1. The molecular weight excluding hydrogens is 526 g/mol. The molecule has 8 nitrogen and oxygen atoms in total. The van der Waals surface area contributed by atoms with Crippen molar-refractivity contribution < 1.29 is 14.7 Å². The zero-order valence-corrected chi connectivity index (χ0v) is 23.2. The Labute approximate surface area is 243 Å². The summed E-state index contributed by atoms with van der Waals surface area (Å²) < 4.78 is 0. The largest absolute Gasteiger partial charge is 0.494 e. The second kappa shape index (κ2) is 11.7. The Morgan fingerprint density at radius 3 is 2.31 bits per heavy atom. The number of hydrogen-bond donors (Lipinski definition) is 3. The molecule has 210 valence electrons. The lowest BCUT2D eigenvalue weighted by atomic mass is 10.0. The minimum absolute atomic E-state index is 0.0157. The molecule has 0 unspecified atom stereocenters. The van der Waals surface area contributed by atoms with Crippen LogP contribution in [0.15, 0.2) is 102 Å². The van der Waals surface area contributed by atoms with Gasteiger partial charge in [0.15, 0.2) is 11.7 Å². The second-order valence-corrected chi connectivity index (χ2v) is 10.4. The Balaban J connectivity index is 1.17. The molecule has 2 heterocycles. The van der Waals surface area contributed by atoms with Crippen LogP contribution in [-0.4, -0.2) is 66.1 Å². The maximum Gasteiger partial charge on any atom is 0.255 e. The monoisotopic (exact) mass is 557 g/mol. The molecule has 4 aromatic carbocycles. The number of piperazine rings is 1. The van der Waals surface area contributed by atoms with Gasteiger partial charge in [-0.2, -0.15) is 0 Å². The Bertz CT molecular complexity index is 1770. The number of nitrogens with zero attached hydrogens (tertiary/aromatic N) is 3. The number of aromatic nitrogens is 1. The lowest BCUT2D eigenvalue weighted by molar-refractivity contribution is 0.102. The van der Waals surface area contributed by atoms with Gasteiger partial charge in [0.05, 0.1) is 11.3 Å². The number of rotatable bonds is 7. The van der Waals surface area contributed by atoms with Crippen LogP contribution in [0.25, 0.3) is 10.9 Å². The molecule has 0 spiro atoms. The van der Waals surface area contributed by atoms with Crippen molar-refractivity contribution in [1.29, 1.82) is 0 Å². The predicted octanol–water partition coefficient (Wildman–Crippen LogP) is 5.86. The summed E-state index contributed by atoms with van der Waals surface area (Å²) in [6.45, 7) is 4.10. The highest BCUT2D eigenvalue weighted by atomic mass is 16.3. The fourth-order valence-corrected chi connectivity index (χ4v) is 5.13. The first-order valence-corrected chi connectivity index (χ1v) is 13.9. The fourth-order valence-electron chi connectivity index (χ4n) is 5.13. The van der Waals surface area contributed by atoms with E-state index in [1.807, 2.05) is 18.2 Å². The third-order valence-electron chi connectivity index (χ3n) is 7.56. The first-order chi connectivity index (χ1) is 20.4. The van der Waals surface area contributed by atoms with Crippen molar-refractivity contribution in [2.45, 2.75) is 0 Å². The average molecular weight is 558 g/mol. The van der Waals surface area contributed by atoms with Crippen LogP contribution in [0.1, 0.15) is 31.8 Å². The number of aliphatic imine (C=N–C) groups is 1. The van der Waals surface area contributed by atoms with E-state index in [1.54, 1.807) is 72.9 Å². The summed E-state index contributed by atoms with van der Waals surface area (Å²) in [7, 11) is 2.14. The highest BCUT2D eigenvalue weighted by molar-refractivity contribution is 6.13. The van der Waals surface area contributed by atoms with Gasteiger partial charge in [0.25, 0.3) is 5.91 Å². The molecule has 0 aliphatic carbocycles. The van der Waals surface area contributed by atoms with Crippen molar-refractivity contribution in [3.8, 4) is 5.88 Å². The molecule has 8 heteroatoms. The van der Waals surface area contributed by atoms with Crippen LogP contribution >= 0.6 is 0 Å². The van der Waals surface area contributed by atoms with E-state index in [1.165, 1.54) is 5.69 Å². The standard InChI is InChI=1S/C34H31N5O3/c1-38-16-18-39(19-17-38)28-13-11-26(12-14-28)35-22-30-29-15-10-25(21-31(29)37-34(30)42)32(40)24-8-5-9-27(20-24)36-33(41)23-6-3-2-4-7-23/h2-15,20-22,37,42H,16-19H2,1H3,(H,36,41). The second-order valence-electron chi connectivity index (χ2n) is 10.4. The first kappa shape index (κ1) is 27.0. The van der Waals surface area contributed by atoms with Crippen LogP contribution in [0.5, 0.6) is 5.88 Å². The van der Waals surface area contributed by atoms with Crippen molar-refractivity contribution in [3.63, 3.8) is 0 Å². The molecule has 1 amide bonds. The number of aromatic hydroxyl groups is 1. The molecule has 1 aromatic heterocycles. The predicted molar refractivity (Wildman–Crippen MR) is 168 cm³/mol. The van der Waals surface area contributed by atoms with Crippen LogP contribution in [0.4, 0.5) is 17.1 Å². The van der Waals surface area contributed by atoms with Crippen molar-refractivity contribution in [1.82, 2.24) is 9.88 Å². The van der Waals surface area contributed by atoms with Gasteiger partial charge < -0.3 is 25.2 Å². The van der Waals surface area contributed by atoms with Gasteiger partial charge in [-0.3, -0.25) is 14.6 Å². The Morgan fingerprint density at radius 1 is 0.833 bits per heavy atom. The normalized spacial score (nSPS) is 14.0. The van der Waals surface area contributed by atoms with E-state index in [9.17, 15) is 14.7 Å². The molecule has 6 rings (SSSR count). The summed E-state index contributed by atoms with van der Waals surface area (Å²) in [6.07, 6.45) is 1.64. The maximum absolute atomic E-state index is 13.3. The van der Waals surface area contributed by atoms with Crippen LogP contribution in [0.2, 0.25) is 0 Å². The van der Waals surface area contributed by atoms with Gasteiger partial charge in [-0.05, 0) is 61.6 Å². The molecule has 0 saturated carbocycles. The van der Waals surface area contributed by atoms with E-state index in [0.29, 0.717) is 33.5 Å². The molecular formula is C34H31N5O3. The molecule has 3 N–H and O–H groups in total. The van der Waals surface area contributed by atoms with E-state index in [4.69, 9.17) is 0 Å². The zero-order valence-electron chi connectivity index (χ0n) is 23.2. The number of benzene rings is 4. The third kappa shape index (κ3) is 5.80. The van der Waals surface area contributed by atoms with Crippen molar-refractivity contribution >= 4 is 45.9 Å². The van der Waals surface area contributed by atoms with Crippen LogP contribution in [-0.2, 0) is 0 Å². The number of ketones is 1. The highest BCUT2D eigenvalue weighted by Crippen LogP contribution is 2.29. The molecule has 0 bridgehead atoms. The number of carbonyl (C=O) groups excluding carboxylic acids is 2. The van der Waals surface area contributed by atoms with Gasteiger partial charge in [0.1, 0.15) is 0 Å². The van der Waals surface area contributed by atoms with Crippen molar-refractivity contribution in [3.05, 3.63) is 119 Å². The Kier molecular flexibility index (Phi) is 7.53. The molecule has 5 aromatic rings. The number of H-pyrrole nitrogens is 1. The fraction of sp³-hybridized carbons (Fsp3) is 0.147. The van der Waals surface area contributed by atoms with Gasteiger partial charge in [-0.25, -0.2) is 0 Å². The van der Waals surface area contributed by atoms with E-state index in [-0.39, 0.29) is 17.6 Å². The Morgan fingerprint density at radius 2 is 1.55 bits per heavy atom. The number of anilines is 2. The lowest BCUT2D eigenvalue weighted by Gasteiger charge is -2.34. The molecule has 42 heavy (non-hydrogen) atoms. The number of fused-ring (bicyclic) bond motifs is 1. The number of hydrogen-bond acceptors (Lipinski definition) is 6. The SMILES string of the molecule is CN1CCN(c2ccc(N=Cc3c(O)[nH]c4cc(C(=O)c5cccc(NC(=O)c6ccccc6)c5)ccc34)cc2)CC1. The molecule has 0 radical (unpaired) electrons. The van der Waals surface area contributed by atoms with E-state index >= 15 is 0 Å². The summed E-state index contributed by atoms with van der Waals surface area (Å²) in [4.78, 5) is 38.1. The number of likely N-dealkylation sites (N-methyl/N-ethyl adjacent to an activating group) is 1. The Hall–Kier alpha value is -5.21. The molecule has 1 aliphatic rings. The molecule has 1 aliphatic heterocycles. The summed E-state index contributed by atoms with van der Waals surface area (Å²) in [5.74, 6) is -0.459. The summed E-state index contributed by atoms with van der Waals surface area (Å²) >= 11 is 0. The van der Waals surface area contributed by atoms with Gasteiger partial charge >= 0.3 is 0 Å². The van der Waals surface area contributed by atoms with Gasteiger partial charge in [0, 0.05) is 71.4 Å². The first-order valence-electron chi connectivity index (χ1n) is 13.9. The molecule has 1 saturated heterocycles. The number of carbonyl (C=O) groups is 2. The molecule has 0 atom stereocenters. The highest BCUT2D eigenvalue weighted by Gasteiger charge is 2.16.